The normalized spacial score (nSPS) is 22.6. The molecule has 0 amide bonds. The van der Waals surface area contributed by atoms with Gasteiger partial charge in [-0.1, -0.05) is 26.0 Å². The van der Waals surface area contributed by atoms with Gasteiger partial charge >= 0.3 is 0 Å². The fourth-order valence-corrected chi connectivity index (χ4v) is 3.63. The average Bonchev–Trinajstić information content (AvgIpc) is 2.83. The summed E-state index contributed by atoms with van der Waals surface area (Å²) in [5.74, 6) is 1.77. The Bertz CT molecular complexity index is 697. The fourth-order valence-electron chi connectivity index (χ4n) is 3.63. The maximum absolute atomic E-state index is 10.4. The van der Waals surface area contributed by atoms with Crippen LogP contribution >= 0.6 is 0 Å². The minimum Gasteiger partial charge on any atom is -0.393 e. The van der Waals surface area contributed by atoms with Crippen LogP contribution in [-0.4, -0.2) is 50.0 Å². The van der Waals surface area contributed by atoms with Crippen LogP contribution in [0.4, 0.5) is 0 Å². The minimum atomic E-state index is -0.910. The Balaban J connectivity index is 1.79. The number of para-hydroxylation sites is 2. The third-order valence-electron chi connectivity index (χ3n) is 5.33. The van der Waals surface area contributed by atoms with Gasteiger partial charge in [-0.2, -0.15) is 0 Å². The molecule has 2 N–H and O–H groups in total. The topological polar surface area (TPSA) is 61.5 Å². The van der Waals surface area contributed by atoms with Crippen LogP contribution in [0.15, 0.2) is 24.3 Å². The highest BCUT2D eigenvalue weighted by Crippen LogP contribution is 2.24. The van der Waals surface area contributed by atoms with E-state index >= 15 is 0 Å². The Morgan fingerprint density at radius 3 is 2.76 bits per heavy atom. The third-order valence-corrected chi connectivity index (χ3v) is 5.33. The van der Waals surface area contributed by atoms with Crippen molar-refractivity contribution in [2.75, 3.05) is 19.7 Å². The summed E-state index contributed by atoms with van der Waals surface area (Å²) in [5.41, 5.74) is 1.36. The molecule has 5 heteroatoms. The lowest BCUT2D eigenvalue weighted by Crippen LogP contribution is -2.34. The number of aryl methyl sites for hydroxylation is 1. The monoisotopic (exact) mass is 345 g/mol. The number of aromatic nitrogens is 2. The highest BCUT2D eigenvalue weighted by atomic mass is 16.3. The van der Waals surface area contributed by atoms with Crippen molar-refractivity contribution in [3.8, 4) is 0 Å². The maximum Gasteiger partial charge on any atom is 0.124 e. The van der Waals surface area contributed by atoms with Gasteiger partial charge in [0.1, 0.15) is 5.82 Å². The number of hydrogen-bond donors (Lipinski definition) is 2. The number of imidazole rings is 1. The minimum absolute atomic E-state index is 0.145. The van der Waals surface area contributed by atoms with Gasteiger partial charge in [-0.25, -0.2) is 4.98 Å². The van der Waals surface area contributed by atoms with E-state index in [0.717, 1.165) is 50.4 Å². The molecule has 1 aliphatic rings. The summed E-state index contributed by atoms with van der Waals surface area (Å²) in [6, 6.07) is 8.35. The number of benzene rings is 1. The van der Waals surface area contributed by atoms with Gasteiger partial charge in [0.05, 0.1) is 29.8 Å². The van der Waals surface area contributed by atoms with Crippen molar-refractivity contribution in [2.45, 2.75) is 58.2 Å². The predicted octanol–water partition coefficient (Wildman–Crippen LogP) is 2.79. The molecule has 1 aromatic heterocycles. The summed E-state index contributed by atoms with van der Waals surface area (Å²) in [6.07, 6.45) is 3.33. The second kappa shape index (κ2) is 7.85. The predicted molar refractivity (Wildman–Crippen MR) is 100 cm³/mol. The van der Waals surface area contributed by atoms with E-state index in [1.165, 1.54) is 5.52 Å². The number of hydrogen-bond acceptors (Lipinski definition) is 4. The first-order valence-electron chi connectivity index (χ1n) is 9.50. The summed E-state index contributed by atoms with van der Waals surface area (Å²) in [6.45, 7) is 7.89. The first-order chi connectivity index (χ1) is 12.0. The molecule has 2 heterocycles. The van der Waals surface area contributed by atoms with Crippen molar-refractivity contribution in [3.63, 3.8) is 0 Å². The molecule has 0 unspecified atom stereocenters. The third kappa shape index (κ3) is 4.40. The molecule has 1 aliphatic heterocycles. The second-order valence-corrected chi connectivity index (χ2v) is 7.86. The lowest BCUT2D eigenvalue weighted by atomic mass is 9.96. The van der Waals surface area contributed by atoms with Gasteiger partial charge in [0.15, 0.2) is 0 Å². The fraction of sp³-hybridized carbons (Fsp3) is 0.650. The van der Waals surface area contributed by atoms with E-state index in [1.807, 2.05) is 6.07 Å². The van der Waals surface area contributed by atoms with Gasteiger partial charge in [0.2, 0.25) is 0 Å². The van der Waals surface area contributed by atoms with Crippen LogP contribution in [0.5, 0.6) is 0 Å². The Morgan fingerprint density at radius 1 is 1.20 bits per heavy atom. The molecule has 0 bridgehead atoms. The second-order valence-electron chi connectivity index (χ2n) is 7.86. The molecule has 2 aromatic rings. The number of rotatable bonds is 6. The van der Waals surface area contributed by atoms with Crippen LogP contribution < -0.4 is 0 Å². The van der Waals surface area contributed by atoms with Crippen molar-refractivity contribution in [1.29, 1.82) is 0 Å². The van der Waals surface area contributed by atoms with E-state index < -0.39 is 5.60 Å². The molecule has 0 spiro atoms. The van der Waals surface area contributed by atoms with Gasteiger partial charge in [-0.05, 0) is 50.3 Å². The van der Waals surface area contributed by atoms with Crippen LogP contribution in [0, 0.1) is 5.92 Å². The zero-order valence-corrected chi connectivity index (χ0v) is 15.5. The molecular formula is C20H31N3O2. The standard InChI is InChI=1S/C20H31N3O2/c1-16(2)8-12-23-18-7-4-3-6-17(18)21-19(23)14-22-11-5-9-20(25,15-24)10-13-22/h3-4,6-7,16,24-25H,5,8-15H2,1-2H3/t20-/m1/s1. The lowest BCUT2D eigenvalue weighted by molar-refractivity contribution is -0.0256. The zero-order chi connectivity index (χ0) is 17.9. The van der Waals surface area contributed by atoms with E-state index in [9.17, 15) is 10.2 Å². The molecular weight excluding hydrogens is 314 g/mol. The van der Waals surface area contributed by atoms with Crippen LogP contribution in [0.25, 0.3) is 11.0 Å². The smallest absolute Gasteiger partial charge is 0.124 e. The van der Waals surface area contributed by atoms with Crippen molar-refractivity contribution in [3.05, 3.63) is 30.1 Å². The molecule has 1 saturated heterocycles. The number of nitrogens with zero attached hydrogens (tertiary/aromatic N) is 3. The largest absolute Gasteiger partial charge is 0.393 e. The van der Waals surface area contributed by atoms with E-state index in [2.05, 4.69) is 41.5 Å². The number of likely N-dealkylation sites (tertiary alicyclic amines) is 1. The summed E-state index contributed by atoms with van der Waals surface area (Å²) >= 11 is 0. The van der Waals surface area contributed by atoms with Gasteiger partial charge in [0.25, 0.3) is 0 Å². The lowest BCUT2D eigenvalue weighted by Gasteiger charge is -2.24. The molecule has 1 fully saturated rings. The van der Waals surface area contributed by atoms with E-state index in [4.69, 9.17) is 4.98 Å². The van der Waals surface area contributed by atoms with E-state index in [1.54, 1.807) is 0 Å². The molecule has 5 nitrogen and oxygen atoms in total. The number of aliphatic hydroxyl groups excluding tert-OH is 1. The molecule has 138 valence electrons. The molecule has 1 aromatic carbocycles. The molecule has 0 saturated carbocycles. The molecule has 1 atom stereocenters. The first-order valence-corrected chi connectivity index (χ1v) is 9.50. The van der Waals surface area contributed by atoms with Crippen molar-refractivity contribution >= 4 is 11.0 Å². The van der Waals surface area contributed by atoms with Gasteiger partial charge < -0.3 is 14.8 Å². The van der Waals surface area contributed by atoms with Crippen molar-refractivity contribution < 1.29 is 10.2 Å². The van der Waals surface area contributed by atoms with Crippen molar-refractivity contribution in [1.82, 2.24) is 14.5 Å². The molecule has 3 rings (SSSR count). The molecule has 0 radical (unpaired) electrons. The van der Waals surface area contributed by atoms with Crippen LogP contribution in [0.2, 0.25) is 0 Å². The molecule has 0 aliphatic carbocycles. The van der Waals surface area contributed by atoms with Crippen LogP contribution in [0.3, 0.4) is 0 Å². The van der Waals surface area contributed by atoms with Crippen molar-refractivity contribution in [2.24, 2.45) is 5.92 Å². The Hall–Kier alpha value is -1.43. The summed E-state index contributed by atoms with van der Waals surface area (Å²) in [7, 11) is 0. The quantitative estimate of drug-likeness (QED) is 0.845. The van der Waals surface area contributed by atoms with Crippen LogP contribution in [0.1, 0.15) is 45.4 Å². The summed E-state index contributed by atoms with van der Waals surface area (Å²) < 4.78 is 2.36. The summed E-state index contributed by atoms with van der Waals surface area (Å²) in [5, 5.41) is 19.8. The van der Waals surface area contributed by atoms with E-state index in [0.29, 0.717) is 18.8 Å². The Morgan fingerprint density at radius 2 is 2.00 bits per heavy atom. The SMILES string of the molecule is CC(C)CCn1c(CN2CCC[C@](O)(CO)CC2)nc2ccccc21. The highest BCUT2D eigenvalue weighted by molar-refractivity contribution is 5.75. The first kappa shape index (κ1) is 18.4. The average molecular weight is 345 g/mol. The Kier molecular flexibility index (Phi) is 5.77. The number of aliphatic hydroxyl groups is 2. The highest BCUT2D eigenvalue weighted by Gasteiger charge is 2.29. The zero-order valence-electron chi connectivity index (χ0n) is 15.5. The molecule has 25 heavy (non-hydrogen) atoms. The van der Waals surface area contributed by atoms with E-state index in [-0.39, 0.29) is 6.61 Å². The maximum atomic E-state index is 10.4. The van der Waals surface area contributed by atoms with Gasteiger partial charge in [-0.15, -0.1) is 0 Å². The summed E-state index contributed by atoms with van der Waals surface area (Å²) in [4.78, 5) is 7.24. The van der Waals surface area contributed by atoms with Crippen LogP contribution in [-0.2, 0) is 13.1 Å². The van der Waals surface area contributed by atoms with Gasteiger partial charge in [-0.3, -0.25) is 4.90 Å². The Labute approximate surface area is 150 Å². The van der Waals surface area contributed by atoms with Gasteiger partial charge in [0, 0.05) is 13.1 Å². The number of fused-ring (bicyclic) bond motifs is 1.